The third-order valence-electron chi connectivity index (χ3n) is 6.16. The summed E-state index contributed by atoms with van der Waals surface area (Å²) in [6.45, 7) is 6.02. The van der Waals surface area contributed by atoms with Crippen molar-refractivity contribution in [2.24, 2.45) is 11.3 Å². The minimum Gasteiger partial charge on any atom is -0.435 e. The molecule has 6 nitrogen and oxygen atoms in total. The second kappa shape index (κ2) is 8.88. The highest BCUT2D eigenvalue weighted by molar-refractivity contribution is 5.94. The van der Waals surface area contributed by atoms with Crippen molar-refractivity contribution in [3.05, 3.63) is 29.8 Å². The lowest BCUT2D eigenvalue weighted by atomic mass is 9.57. The molecule has 1 aliphatic carbocycles. The molecule has 0 radical (unpaired) electrons. The minimum atomic E-state index is -2.92. The first-order chi connectivity index (χ1) is 14.1. The Bertz CT molecular complexity index is 771. The number of halogens is 2. The van der Waals surface area contributed by atoms with E-state index in [1.165, 1.54) is 18.2 Å². The van der Waals surface area contributed by atoms with E-state index in [0.717, 1.165) is 32.4 Å². The summed E-state index contributed by atoms with van der Waals surface area (Å²) in [7, 11) is 0. The van der Waals surface area contributed by atoms with Crippen molar-refractivity contribution in [1.82, 2.24) is 15.5 Å². The van der Waals surface area contributed by atoms with Crippen molar-refractivity contribution in [2.45, 2.75) is 52.2 Å². The van der Waals surface area contributed by atoms with Gasteiger partial charge in [-0.1, -0.05) is 13.0 Å². The van der Waals surface area contributed by atoms with Crippen LogP contribution in [0.4, 0.5) is 8.78 Å². The standard InChI is InChI=1S/C22H31F2N3O3/c1-4-21(2,3)26-18(28)12-27-13-22(14-27)9-15(10-22)11-25-19(29)16-6-5-7-17(8-16)30-20(23)24/h5-8,15,20H,4,9-14H2,1-3H3,(H,25,29)(H,26,28). The number of carbonyl (C=O) groups excluding carboxylic acids is 2. The summed E-state index contributed by atoms with van der Waals surface area (Å²) in [5, 5.41) is 5.94. The topological polar surface area (TPSA) is 70.7 Å². The molecule has 8 heteroatoms. The molecule has 0 aromatic heterocycles. The van der Waals surface area contributed by atoms with E-state index in [1.54, 1.807) is 6.07 Å². The number of ether oxygens (including phenoxy) is 1. The molecule has 1 aromatic rings. The maximum absolute atomic E-state index is 12.3. The third-order valence-corrected chi connectivity index (χ3v) is 6.16. The van der Waals surface area contributed by atoms with E-state index in [-0.39, 0.29) is 28.5 Å². The van der Waals surface area contributed by atoms with Crippen molar-refractivity contribution in [3.63, 3.8) is 0 Å². The lowest BCUT2D eigenvalue weighted by molar-refractivity contribution is -0.133. The van der Waals surface area contributed by atoms with Gasteiger partial charge in [0.05, 0.1) is 6.54 Å². The molecular formula is C22H31F2N3O3. The maximum Gasteiger partial charge on any atom is 0.387 e. The van der Waals surface area contributed by atoms with E-state index in [2.05, 4.69) is 27.2 Å². The molecule has 30 heavy (non-hydrogen) atoms. The number of amides is 2. The number of hydrogen-bond acceptors (Lipinski definition) is 4. The summed E-state index contributed by atoms with van der Waals surface area (Å²) in [4.78, 5) is 26.6. The van der Waals surface area contributed by atoms with Gasteiger partial charge < -0.3 is 15.4 Å². The fraction of sp³-hybridized carbons (Fsp3) is 0.636. The van der Waals surface area contributed by atoms with Gasteiger partial charge in [0.15, 0.2) is 0 Å². The van der Waals surface area contributed by atoms with Crippen molar-refractivity contribution >= 4 is 11.8 Å². The second-order valence-electron chi connectivity index (χ2n) is 9.32. The van der Waals surface area contributed by atoms with Crippen LogP contribution in [0.1, 0.15) is 50.4 Å². The number of carbonyl (C=O) groups is 2. The first-order valence-electron chi connectivity index (χ1n) is 10.5. The van der Waals surface area contributed by atoms with Gasteiger partial charge in [0, 0.05) is 30.7 Å². The monoisotopic (exact) mass is 423 g/mol. The minimum absolute atomic E-state index is 0.0267. The summed E-state index contributed by atoms with van der Waals surface area (Å²) >= 11 is 0. The largest absolute Gasteiger partial charge is 0.435 e. The van der Waals surface area contributed by atoms with Gasteiger partial charge in [-0.05, 0) is 62.6 Å². The molecule has 166 valence electrons. The van der Waals surface area contributed by atoms with Crippen LogP contribution in [0.15, 0.2) is 24.3 Å². The Morgan fingerprint density at radius 3 is 2.63 bits per heavy atom. The number of likely N-dealkylation sites (tertiary alicyclic amines) is 1. The zero-order valence-corrected chi connectivity index (χ0v) is 17.8. The Kier molecular flexibility index (Phi) is 6.65. The molecule has 1 aliphatic heterocycles. The van der Waals surface area contributed by atoms with Crippen LogP contribution in [0.2, 0.25) is 0 Å². The Morgan fingerprint density at radius 2 is 2.00 bits per heavy atom. The molecule has 0 atom stereocenters. The number of benzene rings is 1. The SMILES string of the molecule is CCC(C)(C)NC(=O)CN1CC2(CC(CNC(=O)c3cccc(OC(F)F)c3)C2)C1. The van der Waals surface area contributed by atoms with E-state index in [9.17, 15) is 18.4 Å². The smallest absolute Gasteiger partial charge is 0.387 e. The lowest BCUT2D eigenvalue weighted by Gasteiger charge is -2.59. The number of nitrogens with one attached hydrogen (secondary N) is 2. The van der Waals surface area contributed by atoms with Gasteiger partial charge in [0.1, 0.15) is 5.75 Å². The Balaban J connectivity index is 1.35. The molecule has 0 unspecified atom stereocenters. The zero-order valence-electron chi connectivity index (χ0n) is 17.8. The lowest BCUT2D eigenvalue weighted by Crippen LogP contribution is -2.65. The molecular weight excluding hydrogens is 392 g/mol. The van der Waals surface area contributed by atoms with E-state index >= 15 is 0 Å². The number of rotatable bonds is 9. The van der Waals surface area contributed by atoms with Crippen LogP contribution in [-0.2, 0) is 4.79 Å². The van der Waals surface area contributed by atoms with Gasteiger partial charge in [0.25, 0.3) is 5.91 Å². The summed E-state index contributed by atoms with van der Waals surface area (Å²) in [6.07, 6.45) is 2.94. The Morgan fingerprint density at radius 1 is 1.30 bits per heavy atom. The van der Waals surface area contributed by atoms with Gasteiger partial charge in [-0.2, -0.15) is 8.78 Å². The first-order valence-corrected chi connectivity index (χ1v) is 10.5. The van der Waals surface area contributed by atoms with E-state index in [4.69, 9.17) is 0 Å². The van der Waals surface area contributed by atoms with Gasteiger partial charge in [-0.15, -0.1) is 0 Å². The fourth-order valence-electron chi connectivity index (χ4n) is 4.44. The van der Waals surface area contributed by atoms with Crippen molar-refractivity contribution < 1.29 is 23.1 Å². The number of hydrogen-bond donors (Lipinski definition) is 2. The summed E-state index contributed by atoms with van der Waals surface area (Å²) in [5.74, 6) is 0.157. The van der Waals surface area contributed by atoms with Crippen molar-refractivity contribution in [3.8, 4) is 5.75 Å². The highest BCUT2D eigenvalue weighted by Crippen LogP contribution is 2.51. The molecule has 1 aromatic carbocycles. The van der Waals surface area contributed by atoms with Gasteiger partial charge in [-0.25, -0.2) is 0 Å². The highest BCUT2D eigenvalue weighted by atomic mass is 19.3. The normalized spacial score (nSPS) is 18.6. The molecule has 1 heterocycles. The summed E-state index contributed by atoms with van der Waals surface area (Å²) in [5.41, 5.74) is 0.406. The predicted octanol–water partition coefficient (Wildman–Crippen LogP) is 3.03. The first kappa shape index (κ1) is 22.5. The van der Waals surface area contributed by atoms with Crippen LogP contribution < -0.4 is 15.4 Å². The van der Waals surface area contributed by atoms with Crippen molar-refractivity contribution in [1.29, 1.82) is 0 Å². The van der Waals surface area contributed by atoms with E-state index < -0.39 is 6.61 Å². The molecule has 2 aliphatic rings. The quantitative estimate of drug-likeness (QED) is 0.641. The molecule has 3 rings (SSSR count). The molecule has 2 amide bonds. The van der Waals surface area contributed by atoms with Gasteiger partial charge in [-0.3, -0.25) is 14.5 Å². The van der Waals surface area contributed by atoms with Gasteiger partial charge >= 0.3 is 6.61 Å². The van der Waals surface area contributed by atoms with Crippen LogP contribution in [0, 0.1) is 11.3 Å². The Hall–Kier alpha value is -2.22. The second-order valence-corrected chi connectivity index (χ2v) is 9.32. The van der Waals surface area contributed by atoms with Crippen LogP contribution in [0.5, 0.6) is 5.75 Å². The highest BCUT2D eigenvalue weighted by Gasteiger charge is 2.52. The summed E-state index contributed by atoms with van der Waals surface area (Å²) in [6, 6.07) is 5.80. The van der Waals surface area contributed by atoms with Crippen molar-refractivity contribution in [2.75, 3.05) is 26.2 Å². The van der Waals surface area contributed by atoms with Crippen LogP contribution >= 0.6 is 0 Å². The van der Waals surface area contributed by atoms with E-state index in [0.29, 0.717) is 24.6 Å². The molecule has 0 bridgehead atoms. The summed E-state index contributed by atoms with van der Waals surface area (Å²) < 4.78 is 29.0. The zero-order chi connectivity index (χ0) is 21.9. The molecule has 1 saturated carbocycles. The maximum atomic E-state index is 12.3. The fourth-order valence-corrected chi connectivity index (χ4v) is 4.44. The average Bonchev–Trinajstić information content (AvgIpc) is 2.60. The average molecular weight is 424 g/mol. The van der Waals surface area contributed by atoms with Gasteiger partial charge in [0.2, 0.25) is 5.91 Å². The van der Waals surface area contributed by atoms with Crippen LogP contribution in [0.25, 0.3) is 0 Å². The number of alkyl halides is 2. The molecule has 1 saturated heterocycles. The third kappa shape index (κ3) is 5.68. The predicted molar refractivity (Wildman–Crippen MR) is 110 cm³/mol. The number of nitrogens with zero attached hydrogens (tertiary/aromatic N) is 1. The van der Waals surface area contributed by atoms with E-state index in [1.807, 2.05) is 13.8 Å². The van der Waals surface area contributed by atoms with Crippen LogP contribution in [0.3, 0.4) is 0 Å². The van der Waals surface area contributed by atoms with Crippen LogP contribution in [-0.4, -0.2) is 55.0 Å². The molecule has 2 N–H and O–H groups in total. The molecule has 1 spiro atoms. The Labute approximate surface area is 176 Å². The molecule has 2 fully saturated rings.